The molecular weight excluding hydrogens is 349 g/mol. The van der Waals surface area contributed by atoms with Gasteiger partial charge in [0.2, 0.25) is 0 Å². The van der Waals surface area contributed by atoms with Gasteiger partial charge in [0.05, 0.1) is 5.02 Å². The summed E-state index contributed by atoms with van der Waals surface area (Å²) in [6, 6.07) is 14.9. The average molecular weight is 362 g/mol. The van der Waals surface area contributed by atoms with Crippen molar-refractivity contribution in [2.24, 2.45) is 7.05 Å². The fourth-order valence-electron chi connectivity index (χ4n) is 2.35. The number of nitrogens with zero attached hydrogens (tertiary/aromatic N) is 1. The fourth-order valence-corrected chi connectivity index (χ4v) is 2.80. The molecule has 0 aliphatic heterocycles. The second-order valence-corrected chi connectivity index (χ2v) is 6.02. The Balaban J connectivity index is 1.87. The molecule has 1 N–H and O–H groups in total. The third kappa shape index (κ3) is 3.25. The maximum Gasteiger partial charge on any atom is 0.360 e. The summed E-state index contributed by atoms with van der Waals surface area (Å²) < 4.78 is 7.07. The van der Waals surface area contributed by atoms with Crippen molar-refractivity contribution in [1.82, 2.24) is 4.57 Å². The van der Waals surface area contributed by atoms with Gasteiger partial charge in [0.25, 0.3) is 0 Å². The predicted octanol–water partition coefficient (Wildman–Crippen LogP) is 4.92. The van der Waals surface area contributed by atoms with Gasteiger partial charge in [0, 0.05) is 17.8 Å². The minimum atomic E-state index is -0.522. The van der Waals surface area contributed by atoms with Crippen molar-refractivity contribution >= 4 is 29.2 Å². The molecule has 4 nitrogen and oxygen atoms in total. The predicted molar refractivity (Wildman–Crippen MR) is 93.9 cm³/mol. The molecule has 3 aromatic rings. The van der Waals surface area contributed by atoms with Gasteiger partial charge in [-0.05, 0) is 60.2 Å². The Kier molecular flexibility index (Phi) is 4.51. The average Bonchev–Trinajstić information content (AvgIpc) is 2.92. The lowest BCUT2D eigenvalue weighted by Crippen LogP contribution is -2.13. The highest BCUT2D eigenvalue weighted by Gasteiger charge is 2.17. The first-order valence-electron chi connectivity index (χ1n) is 7.08. The molecule has 0 unspecified atom stereocenters. The normalized spacial score (nSPS) is 10.6. The zero-order valence-electron chi connectivity index (χ0n) is 12.7. The summed E-state index contributed by atoms with van der Waals surface area (Å²) in [6.45, 7) is 0. The standard InChI is InChI=1S/C18H13Cl2NO3/c1-21-15(11-2-5-13(22)6-3-11)7-8-16(21)18(23)24-17-9-4-12(19)10-14(17)20/h2-10,22H,1H3. The van der Waals surface area contributed by atoms with E-state index in [9.17, 15) is 9.90 Å². The maximum atomic E-state index is 12.4. The van der Waals surface area contributed by atoms with Crippen LogP contribution in [-0.4, -0.2) is 15.6 Å². The molecule has 3 rings (SSSR count). The molecule has 0 saturated heterocycles. The summed E-state index contributed by atoms with van der Waals surface area (Å²) in [7, 11) is 1.77. The number of carbonyl (C=O) groups excluding carboxylic acids is 1. The molecule has 0 amide bonds. The molecular formula is C18H13Cl2NO3. The van der Waals surface area contributed by atoms with Crippen molar-refractivity contribution < 1.29 is 14.6 Å². The number of phenols is 1. The summed E-state index contributed by atoms with van der Waals surface area (Å²) in [5.74, 6) is -0.0878. The van der Waals surface area contributed by atoms with Crippen LogP contribution in [0.15, 0.2) is 54.6 Å². The van der Waals surface area contributed by atoms with E-state index in [0.29, 0.717) is 10.7 Å². The van der Waals surface area contributed by atoms with E-state index in [1.54, 1.807) is 54.1 Å². The van der Waals surface area contributed by atoms with Gasteiger partial charge in [0.1, 0.15) is 17.2 Å². The highest BCUT2D eigenvalue weighted by molar-refractivity contribution is 6.35. The topological polar surface area (TPSA) is 51.5 Å². The number of phenolic OH excluding ortho intramolecular Hbond substituents is 1. The Morgan fingerprint density at radius 2 is 1.75 bits per heavy atom. The van der Waals surface area contributed by atoms with Gasteiger partial charge in [0.15, 0.2) is 0 Å². The van der Waals surface area contributed by atoms with Crippen LogP contribution in [0, 0.1) is 0 Å². The first-order chi connectivity index (χ1) is 11.5. The molecule has 0 spiro atoms. The number of hydrogen-bond acceptors (Lipinski definition) is 3. The minimum Gasteiger partial charge on any atom is -0.508 e. The molecule has 0 radical (unpaired) electrons. The lowest BCUT2D eigenvalue weighted by molar-refractivity contribution is 0.0725. The quantitative estimate of drug-likeness (QED) is 0.531. The molecule has 0 bridgehead atoms. The van der Waals surface area contributed by atoms with E-state index in [0.717, 1.165) is 11.3 Å². The molecule has 2 aromatic carbocycles. The molecule has 122 valence electrons. The van der Waals surface area contributed by atoms with Crippen LogP contribution >= 0.6 is 23.2 Å². The van der Waals surface area contributed by atoms with Crippen molar-refractivity contribution in [3.63, 3.8) is 0 Å². The number of esters is 1. The number of ether oxygens (including phenoxy) is 1. The summed E-state index contributed by atoms with van der Waals surface area (Å²) in [4.78, 5) is 12.4. The van der Waals surface area contributed by atoms with E-state index < -0.39 is 5.97 Å². The van der Waals surface area contributed by atoms with Crippen molar-refractivity contribution in [3.8, 4) is 22.8 Å². The van der Waals surface area contributed by atoms with Crippen molar-refractivity contribution in [2.75, 3.05) is 0 Å². The smallest absolute Gasteiger partial charge is 0.360 e. The number of aromatic nitrogens is 1. The second-order valence-electron chi connectivity index (χ2n) is 5.17. The third-order valence-electron chi connectivity index (χ3n) is 3.59. The van der Waals surface area contributed by atoms with Crippen molar-refractivity contribution in [2.45, 2.75) is 0 Å². The van der Waals surface area contributed by atoms with E-state index in [4.69, 9.17) is 27.9 Å². The molecule has 1 heterocycles. The lowest BCUT2D eigenvalue weighted by Gasteiger charge is -2.09. The van der Waals surface area contributed by atoms with Crippen LogP contribution in [0.1, 0.15) is 10.5 Å². The van der Waals surface area contributed by atoms with Crippen LogP contribution in [0.25, 0.3) is 11.3 Å². The van der Waals surface area contributed by atoms with Gasteiger partial charge in [-0.2, -0.15) is 0 Å². The van der Waals surface area contributed by atoms with E-state index in [-0.39, 0.29) is 16.5 Å². The molecule has 0 aliphatic rings. The van der Waals surface area contributed by atoms with Crippen LogP contribution in [0.5, 0.6) is 11.5 Å². The van der Waals surface area contributed by atoms with E-state index in [2.05, 4.69) is 0 Å². The second kappa shape index (κ2) is 6.59. The van der Waals surface area contributed by atoms with Gasteiger partial charge in [-0.3, -0.25) is 0 Å². The van der Waals surface area contributed by atoms with Crippen LogP contribution in [0.4, 0.5) is 0 Å². The van der Waals surface area contributed by atoms with Gasteiger partial charge in [-0.15, -0.1) is 0 Å². The zero-order chi connectivity index (χ0) is 17.3. The molecule has 6 heteroatoms. The number of carbonyl (C=O) groups is 1. The molecule has 0 saturated carbocycles. The Morgan fingerprint density at radius 1 is 1.04 bits per heavy atom. The summed E-state index contributed by atoms with van der Waals surface area (Å²) in [5.41, 5.74) is 2.08. The van der Waals surface area contributed by atoms with Gasteiger partial charge >= 0.3 is 5.97 Å². The first kappa shape index (κ1) is 16.4. The van der Waals surface area contributed by atoms with Crippen LogP contribution in [0.3, 0.4) is 0 Å². The van der Waals surface area contributed by atoms with Gasteiger partial charge in [-0.1, -0.05) is 23.2 Å². The number of hydrogen-bond donors (Lipinski definition) is 1. The summed E-state index contributed by atoms with van der Waals surface area (Å²) >= 11 is 11.9. The Bertz CT molecular complexity index is 901. The zero-order valence-corrected chi connectivity index (χ0v) is 14.2. The monoisotopic (exact) mass is 361 g/mol. The van der Waals surface area contributed by atoms with E-state index in [1.165, 1.54) is 6.07 Å². The number of halogens is 2. The number of rotatable bonds is 3. The van der Waals surface area contributed by atoms with Crippen LogP contribution in [-0.2, 0) is 7.05 Å². The minimum absolute atomic E-state index is 0.185. The van der Waals surface area contributed by atoms with Crippen molar-refractivity contribution in [3.05, 3.63) is 70.3 Å². The van der Waals surface area contributed by atoms with Gasteiger partial charge in [-0.25, -0.2) is 4.79 Å². The van der Waals surface area contributed by atoms with Crippen LogP contribution < -0.4 is 4.74 Å². The molecule has 0 fully saturated rings. The molecule has 24 heavy (non-hydrogen) atoms. The van der Waals surface area contributed by atoms with Crippen molar-refractivity contribution in [1.29, 1.82) is 0 Å². The first-order valence-corrected chi connectivity index (χ1v) is 7.83. The van der Waals surface area contributed by atoms with Gasteiger partial charge < -0.3 is 14.4 Å². The largest absolute Gasteiger partial charge is 0.508 e. The molecule has 1 aromatic heterocycles. The third-order valence-corrected chi connectivity index (χ3v) is 4.12. The van der Waals surface area contributed by atoms with E-state index in [1.807, 2.05) is 6.07 Å². The lowest BCUT2D eigenvalue weighted by atomic mass is 10.1. The summed E-state index contributed by atoms with van der Waals surface area (Å²) in [6.07, 6.45) is 0. The number of aromatic hydroxyl groups is 1. The number of benzene rings is 2. The Morgan fingerprint density at radius 3 is 2.42 bits per heavy atom. The SMILES string of the molecule is Cn1c(C(=O)Oc2ccc(Cl)cc2Cl)ccc1-c1ccc(O)cc1. The highest BCUT2D eigenvalue weighted by Crippen LogP contribution is 2.29. The molecule has 0 atom stereocenters. The Hall–Kier alpha value is -2.43. The summed E-state index contributed by atoms with van der Waals surface area (Å²) in [5, 5.41) is 10.1. The fraction of sp³-hybridized carbons (Fsp3) is 0.0556. The highest BCUT2D eigenvalue weighted by atomic mass is 35.5. The Labute approximate surface area is 148 Å². The van der Waals surface area contributed by atoms with E-state index >= 15 is 0 Å². The maximum absolute atomic E-state index is 12.4. The van der Waals surface area contributed by atoms with Crippen LogP contribution in [0.2, 0.25) is 10.0 Å². The molecule has 0 aliphatic carbocycles.